The molecule has 0 N–H and O–H groups in total. The van der Waals surface area contributed by atoms with Crippen molar-refractivity contribution >= 4 is 106 Å². The topological polar surface area (TPSA) is 0 Å². The van der Waals surface area contributed by atoms with E-state index in [1.807, 2.05) is 22.7 Å². The minimum absolute atomic E-state index is 1.23. The third-order valence-electron chi connectivity index (χ3n) is 11.4. The zero-order chi connectivity index (χ0) is 35.3. The first-order valence-corrected chi connectivity index (χ1v) is 20.1. The molecule has 0 aliphatic rings. The second kappa shape index (κ2) is 11.6. The summed E-state index contributed by atoms with van der Waals surface area (Å²) in [6.07, 6.45) is 0. The van der Waals surface area contributed by atoms with Crippen molar-refractivity contribution in [2.75, 3.05) is 0 Å². The molecule has 0 spiro atoms. The highest BCUT2D eigenvalue weighted by Crippen LogP contribution is 2.48. The molecule has 2 aromatic heterocycles. The van der Waals surface area contributed by atoms with Crippen molar-refractivity contribution < 1.29 is 0 Å². The molecule has 12 rings (SSSR count). The van der Waals surface area contributed by atoms with Gasteiger partial charge in [0.2, 0.25) is 0 Å². The Kier molecular flexibility index (Phi) is 6.48. The van der Waals surface area contributed by atoms with Gasteiger partial charge in [0.25, 0.3) is 0 Å². The molecule has 250 valence electrons. The predicted octanol–water partition coefficient (Wildman–Crippen LogP) is 16.0. The highest BCUT2D eigenvalue weighted by molar-refractivity contribution is 7.28. The fraction of sp³-hybridized carbons (Fsp3) is 0. The molecule has 2 heterocycles. The van der Waals surface area contributed by atoms with Crippen molar-refractivity contribution in [2.24, 2.45) is 0 Å². The summed E-state index contributed by atoms with van der Waals surface area (Å²) in [6.45, 7) is 0. The second-order valence-electron chi connectivity index (χ2n) is 14.4. The van der Waals surface area contributed by atoms with Crippen molar-refractivity contribution in [1.29, 1.82) is 0 Å². The molecule has 0 radical (unpaired) electrons. The van der Waals surface area contributed by atoms with Gasteiger partial charge in [-0.15, -0.1) is 22.7 Å². The third-order valence-corrected chi connectivity index (χ3v) is 13.8. The average Bonchev–Trinajstić information content (AvgIpc) is 3.81. The third kappa shape index (κ3) is 4.42. The van der Waals surface area contributed by atoms with Gasteiger partial charge in [-0.1, -0.05) is 152 Å². The van der Waals surface area contributed by atoms with Gasteiger partial charge >= 0.3 is 0 Å². The van der Waals surface area contributed by atoms with Crippen LogP contribution in [0.3, 0.4) is 0 Å². The van der Waals surface area contributed by atoms with Crippen LogP contribution < -0.4 is 0 Å². The van der Waals surface area contributed by atoms with Crippen molar-refractivity contribution in [3.8, 4) is 33.4 Å². The fourth-order valence-electron chi connectivity index (χ4n) is 8.97. The number of fused-ring (bicyclic) bond motifs is 12. The standard InChI is InChI=1S/C52H30S2/c1-2-11-35-29-37(22-19-31(35)9-1)49-41-15-7-5-13-39(41)48(40-14-6-8-16-42(40)49)34-20-17-32(18-21-34)36-24-26-45-44(30-36)51-46(53-45)27-28-47-50(51)43-25-23-33-10-3-4-12-38(33)52(43)54-47/h1-30H. The molecular weight excluding hydrogens is 689 g/mol. The number of rotatable bonds is 3. The van der Waals surface area contributed by atoms with E-state index in [2.05, 4.69) is 182 Å². The molecule has 0 saturated heterocycles. The SMILES string of the molecule is c1ccc2cc(-c3c4ccccc4c(-c4ccc(-c5ccc6sc7ccc8sc9c%10ccccc%10ccc9c8c7c6c5)cc4)c4ccccc34)ccc2c1. The van der Waals surface area contributed by atoms with Crippen LogP contribution >= 0.6 is 22.7 Å². The van der Waals surface area contributed by atoms with E-state index < -0.39 is 0 Å². The Bertz CT molecular complexity index is 3430. The first-order chi connectivity index (χ1) is 26.8. The lowest BCUT2D eigenvalue weighted by Crippen LogP contribution is -1.91. The zero-order valence-electron chi connectivity index (χ0n) is 29.1. The number of hydrogen-bond acceptors (Lipinski definition) is 2. The summed E-state index contributed by atoms with van der Waals surface area (Å²) in [5.74, 6) is 0. The van der Waals surface area contributed by atoms with Gasteiger partial charge in [-0.05, 0) is 107 Å². The molecule has 0 nitrogen and oxygen atoms in total. The quantitative estimate of drug-likeness (QED) is 0.160. The Morgan fingerprint density at radius 3 is 1.48 bits per heavy atom. The van der Waals surface area contributed by atoms with E-state index in [0.717, 1.165) is 0 Å². The van der Waals surface area contributed by atoms with E-state index in [0.29, 0.717) is 0 Å². The lowest BCUT2D eigenvalue weighted by molar-refractivity contribution is 1.63. The summed E-state index contributed by atoms with van der Waals surface area (Å²) in [5, 5.41) is 15.8. The summed E-state index contributed by atoms with van der Waals surface area (Å²) in [6, 6.07) is 67.8. The second-order valence-corrected chi connectivity index (χ2v) is 16.5. The van der Waals surface area contributed by atoms with E-state index >= 15 is 0 Å². The molecule has 0 atom stereocenters. The van der Waals surface area contributed by atoms with E-state index in [1.54, 1.807) is 0 Å². The Morgan fingerprint density at radius 2 is 0.759 bits per heavy atom. The van der Waals surface area contributed by atoms with Crippen molar-refractivity contribution in [1.82, 2.24) is 0 Å². The van der Waals surface area contributed by atoms with Crippen LogP contribution in [-0.2, 0) is 0 Å². The largest absolute Gasteiger partial charge is 0.135 e. The van der Waals surface area contributed by atoms with Crippen molar-refractivity contribution in [2.45, 2.75) is 0 Å². The maximum atomic E-state index is 2.43. The van der Waals surface area contributed by atoms with Gasteiger partial charge < -0.3 is 0 Å². The fourth-order valence-corrected chi connectivity index (χ4v) is 11.3. The lowest BCUT2D eigenvalue weighted by Gasteiger charge is -2.18. The molecule has 2 heteroatoms. The van der Waals surface area contributed by atoms with Gasteiger partial charge in [-0.2, -0.15) is 0 Å². The molecular formula is C52H30S2. The minimum Gasteiger partial charge on any atom is -0.135 e. The number of benzene rings is 10. The monoisotopic (exact) mass is 718 g/mol. The maximum absolute atomic E-state index is 2.43. The normalized spacial score (nSPS) is 12.1. The van der Waals surface area contributed by atoms with Crippen LogP contribution in [-0.4, -0.2) is 0 Å². The van der Waals surface area contributed by atoms with E-state index in [-0.39, 0.29) is 0 Å². The smallest absolute Gasteiger partial charge is 0.0434 e. The van der Waals surface area contributed by atoms with Gasteiger partial charge in [-0.25, -0.2) is 0 Å². The Labute approximate surface area is 319 Å². The van der Waals surface area contributed by atoms with Gasteiger partial charge in [0.1, 0.15) is 0 Å². The van der Waals surface area contributed by atoms with Crippen LogP contribution in [0.25, 0.3) is 117 Å². The molecule has 12 aromatic rings. The molecule has 0 amide bonds. The Morgan fingerprint density at radius 1 is 0.259 bits per heavy atom. The Hall–Kier alpha value is -6.32. The highest BCUT2D eigenvalue weighted by atomic mass is 32.1. The molecule has 54 heavy (non-hydrogen) atoms. The maximum Gasteiger partial charge on any atom is 0.0434 e. The molecule has 0 bridgehead atoms. The summed E-state index contributed by atoms with van der Waals surface area (Å²) >= 11 is 3.83. The first-order valence-electron chi connectivity index (χ1n) is 18.5. The van der Waals surface area contributed by atoms with Crippen LogP contribution in [0.5, 0.6) is 0 Å². The van der Waals surface area contributed by atoms with Gasteiger partial charge in [0, 0.05) is 40.3 Å². The Balaban J connectivity index is 1.02. The van der Waals surface area contributed by atoms with Crippen LogP contribution in [0.1, 0.15) is 0 Å². The van der Waals surface area contributed by atoms with Crippen LogP contribution in [0, 0.1) is 0 Å². The van der Waals surface area contributed by atoms with Crippen LogP contribution in [0.2, 0.25) is 0 Å². The highest BCUT2D eigenvalue weighted by Gasteiger charge is 2.18. The number of hydrogen-bond donors (Lipinski definition) is 0. The van der Waals surface area contributed by atoms with Crippen LogP contribution in [0.4, 0.5) is 0 Å². The van der Waals surface area contributed by atoms with E-state index in [1.165, 1.54) is 117 Å². The minimum atomic E-state index is 1.23. The first kappa shape index (κ1) is 30.2. The van der Waals surface area contributed by atoms with Gasteiger partial charge in [-0.3, -0.25) is 0 Å². The lowest BCUT2D eigenvalue weighted by atomic mass is 9.85. The zero-order valence-corrected chi connectivity index (χ0v) is 30.8. The molecule has 0 aliphatic heterocycles. The van der Waals surface area contributed by atoms with Gasteiger partial charge in [0.15, 0.2) is 0 Å². The molecule has 0 unspecified atom stereocenters. The summed E-state index contributed by atoms with van der Waals surface area (Å²) in [5.41, 5.74) is 7.55. The van der Waals surface area contributed by atoms with Crippen molar-refractivity contribution in [3.05, 3.63) is 182 Å². The molecule has 0 saturated carbocycles. The summed E-state index contributed by atoms with van der Waals surface area (Å²) in [4.78, 5) is 0. The molecule has 10 aromatic carbocycles. The molecule has 0 fully saturated rings. The van der Waals surface area contributed by atoms with Gasteiger partial charge in [0.05, 0.1) is 0 Å². The molecule has 0 aliphatic carbocycles. The van der Waals surface area contributed by atoms with E-state index in [9.17, 15) is 0 Å². The van der Waals surface area contributed by atoms with E-state index in [4.69, 9.17) is 0 Å². The average molecular weight is 719 g/mol. The van der Waals surface area contributed by atoms with Crippen LogP contribution in [0.15, 0.2) is 182 Å². The predicted molar refractivity (Wildman–Crippen MR) is 239 cm³/mol. The summed E-state index contributed by atoms with van der Waals surface area (Å²) in [7, 11) is 0. The van der Waals surface area contributed by atoms with Crippen molar-refractivity contribution in [3.63, 3.8) is 0 Å². The number of thiophene rings is 2. The summed E-state index contributed by atoms with van der Waals surface area (Å²) < 4.78 is 5.42.